The Hall–Kier alpha value is -7.62. The van der Waals surface area contributed by atoms with Gasteiger partial charge in [-0.15, -0.1) is 0 Å². The van der Waals surface area contributed by atoms with Crippen molar-refractivity contribution in [2.24, 2.45) is 0 Å². The molecule has 10 aromatic rings. The van der Waals surface area contributed by atoms with Crippen LogP contribution in [0.3, 0.4) is 0 Å². The van der Waals surface area contributed by atoms with E-state index in [4.69, 9.17) is 9.97 Å². The van der Waals surface area contributed by atoms with Crippen LogP contribution in [-0.2, 0) is 0 Å². The summed E-state index contributed by atoms with van der Waals surface area (Å²) in [6.07, 6.45) is 0. The second-order valence-corrected chi connectivity index (χ2v) is 14.9. The van der Waals surface area contributed by atoms with E-state index in [1.165, 1.54) is 50.0 Å². The molecule has 1 aliphatic carbocycles. The lowest BCUT2D eigenvalue weighted by molar-refractivity contribution is 0.984. The van der Waals surface area contributed by atoms with Crippen LogP contribution in [0.15, 0.2) is 218 Å². The first-order valence-corrected chi connectivity index (χ1v) is 19.9. The molecule has 1 unspecified atom stereocenters. The maximum absolute atomic E-state index is 5.14. The van der Waals surface area contributed by atoms with E-state index in [1.807, 2.05) is 24.3 Å². The van der Waals surface area contributed by atoms with Gasteiger partial charge in [-0.3, -0.25) is 0 Å². The standard InChI is InChI=1S/C55H37N3/c1-4-18-37(19-5-1)49-36-50(57-55(56-49)39-22-8-3-9-23-39)42-26-16-24-40(34-42)41-25-17-27-43(35-41)58-51-33-15-14-32-48(51)53-45-29-11-10-28-44(45)52(38-20-6-2-7-21-38)46-30-12-13-31-47(46)54(53)58/h1-36,52H. The van der Waals surface area contributed by atoms with Gasteiger partial charge in [0.15, 0.2) is 5.82 Å². The van der Waals surface area contributed by atoms with Crippen LogP contribution in [-0.4, -0.2) is 14.5 Å². The van der Waals surface area contributed by atoms with Gasteiger partial charge in [-0.25, -0.2) is 9.97 Å². The van der Waals surface area contributed by atoms with Gasteiger partial charge in [-0.05, 0) is 63.7 Å². The molecule has 0 saturated heterocycles. The number of hydrogen-bond donors (Lipinski definition) is 0. The first-order chi connectivity index (χ1) is 28.8. The maximum Gasteiger partial charge on any atom is 0.160 e. The van der Waals surface area contributed by atoms with Crippen molar-refractivity contribution in [3.05, 3.63) is 235 Å². The van der Waals surface area contributed by atoms with Crippen LogP contribution < -0.4 is 0 Å². The van der Waals surface area contributed by atoms with E-state index in [1.54, 1.807) is 0 Å². The Kier molecular flexibility index (Phi) is 8.22. The van der Waals surface area contributed by atoms with Gasteiger partial charge in [-0.1, -0.05) is 188 Å². The summed E-state index contributed by atoms with van der Waals surface area (Å²) in [5, 5.41) is 1.24. The van der Waals surface area contributed by atoms with Crippen LogP contribution in [0.5, 0.6) is 0 Å². The molecule has 0 bridgehead atoms. The fourth-order valence-electron chi connectivity index (χ4n) is 8.90. The molecule has 0 radical (unpaired) electrons. The van der Waals surface area contributed by atoms with Crippen molar-refractivity contribution in [2.45, 2.75) is 5.92 Å². The Labute approximate surface area is 338 Å². The lowest BCUT2D eigenvalue weighted by Crippen LogP contribution is -2.05. The van der Waals surface area contributed by atoms with Gasteiger partial charge >= 0.3 is 0 Å². The summed E-state index contributed by atoms with van der Waals surface area (Å²) in [5.41, 5.74) is 18.4. The highest BCUT2D eigenvalue weighted by Crippen LogP contribution is 2.52. The monoisotopic (exact) mass is 739 g/mol. The van der Waals surface area contributed by atoms with E-state index in [0.717, 1.165) is 44.9 Å². The largest absolute Gasteiger partial charge is 0.309 e. The van der Waals surface area contributed by atoms with Gasteiger partial charge in [0.1, 0.15) is 0 Å². The minimum absolute atomic E-state index is 0.0916. The zero-order valence-electron chi connectivity index (χ0n) is 31.7. The lowest BCUT2D eigenvalue weighted by Gasteiger charge is -2.22. The van der Waals surface area contributed by atoms with Crippen molar-refractivity contribution in [3.8, 4) is 73.1 Å². The first-order valence-electron chi connectivity index (χ1n) is 19.9. The number of fused-ring (bicyclic) bond motifs is 7. The molecule has 1 aliphatic rings. The summed E-state index contributed by atoms with van der Waals surface area (Å²) in [7, 11) is 0. The molecule has 58 heavy (non-hydrogen) atoms. The predicted octanol–water partition coefficient (Wildman–Crippen LogP) is 13.9. The average molecular weight is 740 g/mol. The molecule has 2 aromatic heterocycles. The fourth-order valence-corrected chi connectivity index (χ4v) is 8.90. The third kappa shape index (κ3) is 5.75. The van der Waals surface area contributed by atoms with Crippen molar-refractivity contribution in [1.29, 1.82) is 0 Å². The van der Waals surface area contributed by atoms with Crippen LogP contribution >= 0.6 is 0 Å². The van der Waals surface area contributed by atoms with E-state index in [2.05, 4.69) is 199 Å². The third-order valence-corrected chi connectivity index (χ3v) is 11.5. The summed E-state index contributed by atoms with van der Waals surface area (Å²) in [6.45, 7) is 0. The highest BCUT2D eigenvalue weighted by Gasteiger charge is 2.32. The van der Waals surface area contributed by atoms with Crippen molar-refractivity contribution in [2.75, 3.05) is 0 Å². The summed E-state index contributed by atoms with van der Waals surface area (Å²) >= 11 is 0. The second kappa shape index (κ2) is 14.1. The molecule has 0 N–H and O–H groups in total. The van der Waals surface area contributed by atoms with Gasteiger partial charge in [0.2, 0.25) is 0 Å². The number of nitrogens with zero attached hydrogens (tertiary/aromatic N) is 3. The molecule has 2 heterocycles. The number of aromatic nitrogens is 3. The maximum atomic E-state index is 5.14. The first kappa shape index (κ1) is 33.7. The Morgan fingerprint density at radius 2 is 0.914 bits per heavy atom. The Bertz CT molecular complexity index is 3050. The Morgan fingerprint density at radius 3 is 1.67 bits per heavy atom. The molecule has 272 valence electrons. The van der Waals surface area contributed by atoms with Crippen molar-refractivity contribution >= 4 is 10.9 Å². The van der Waals surface area contributed by atoms with E-state index in [0.29, 0.717) is 5.82 Å². The molecule has 1 atom stereocenters. The van der Waals surface area contributed by atoms with E-state index < -0.39 is 0 Å². The highest BCUT2D eigenvalue weighted by molar-refractivity contribution is 6.08. The van der Waals surface area contributed by atoms with Gasteiger partial charge in [0.05, 0.1) is 22.6 Å². The van der Waals surface area contributed by atoms with Crippen LogP contribution in [0.25, 0.3) is 84.0 Å². The van der Waals surface area contributed by atoms with Crippen molar-refractivity contribution < 1.29 is 0 Å². The molecule has 0 spiro atoms. The average Bonchev–Trinajstić information content (AvgIpc) is 3.59. The molecular formula is C55H37N3. The highest BCUT2D eigenvalue weighted by atomic mass is 15.0. The number of benzene rings is 8. The van der Waals surface area contributed by atoms with Crippen LogP contribution in [0, 0.1) is 0 Å². The zero-order chi connectivity index (χ0) is 38.4. The molecule has 0 aliphatic heterocycles. The summed E-state index contributed by atoms with van der Waals surface area (Å²) in [6, 6.07) is 78.3. The predicted molar refractivity (Wildman–Crippen MR) is 239 cm³/mol. The van der Waals surface area contributed by atoms with Gasteiger partial charge < -0.3 is 4.57 Å². The van der Waals surface area contributed by atoms with Crippen molar-refractivity contribution in [1.82, 2.24) is 14.5 Å². The normalized spacial score (nSPS) is 13.0. The molecular weight excluding hydrogens is 703 g/mol. The fraction of sp³-hybridized carbons (Fsp3) is 0.0182. The van der Waals surface area contributed by atoms with Crippen LogP contribution in [0.4, 0.5) is 0 Å². The zero-order valence-corrected chi connectivity index (χ0v) is 31.7. The molecule has 0 fully saturated rings. The molecule has 0 amide bonds. The minimum Gasteiger partial charge on any atom is -0.309 e. The van der Waals surface area contributed by atoms with E-state index in [9.17, 15) is 0 Å². The minimum atomic E-state index is 0.0916. The SMILES string of the molecule is c1ccc(-c2cc(-c3cccc(-c4cccc(-n5c6c(c7ccccc75)-c5ccccc5C(c5ccccc5)c5ccccc5-6)c4)c3)nc(-c3ccccc3)n2)cc1. The quantitative estimate of drug-likeness (QED) is 0.170. The lowest BCUT2D eigenvalue weighted by atomic mass is 9.82. The third-order valence-electron chi connectivity index (χ3n) is 11.5. The summed E-state index contributed by atoms with van der Waals surface area (Å²) in [4.78, 5) is 10.2. The van der Waals surface area contributed by atoms with Gasteiger partial charge in [-0.2, -0.15) is 0 Å². The van der Waals surface area contributed by atoms with E-state index in [-0.39, 0.29) is 5.92 Å². The second-order valence-electron chi connectivity index (χ2n) is 14.9. The Balaban J connectivity index is 1.09. The number of hydrogen-bond acceptors (Lipinski definition) is 2. The molecule has 11 rings (SSSR count). The number of rotatable bonds is 6. The van der Waals surface area contributed by atoms with Gasteiger partial charge in [0.25, 0.3) is 0 Å². The topological polar surface area (TPSA) is 30.7 Å². The van der Waals surface area contributed by atoms with Crippen LogP contribution in [0.2, 0.25) is 0 Å². The van der Waals surface area contributed by atoms with Crippen LogP contribution in [0.1, 0.15) is 22.6 Å². The summed E-state index contributed by atoms with van der Waals surface area (Å²) in [5.74, 6) is 0.801. The van der Waals surface area contributed by atoms with Gasteiger partial charge in [0, 0.05) is 44.8 Å². The number of para-hydroxylation sites is 1. The van der Waals surface area contributed by atoms with E-state index >= 15 is 0 Å². The molecule has 3 heteroatoms. The van der Waals surface area contributed by atoms with Crippen molar-refractivity contribution in [3.63, 3.8) is 0 Å². The molecule has 3 nitrogen and oxygen atoms in total. The smallest absolute Gasteiger partial charge is 0.160 e. The Morgan fingerprint density at radius 1 is 0.379 bits per heavy atom. The molecule has 8 aromatic carbocycles. The molecule has 0 saturated carbocycles. The summed E-state index contributed by atoms with van der Waals surface area (Å²) < 4.78 is 2.49.